The number of hydrogen-bond acceptors (Lipinski definition) is 4. The van der Waals surface area contributed by atoms with Crippen molar-refractivity contribution in [3.63, 3.8) is 0 Å². The summed E-state index contributed by atoms with van der Waals surface area (Å²) in [4.78, 5) is 14.0. The van der Waals surface area contributed by atoms with Gasteiger partial charge in [0.1, 0.15) is 17.3 Å². The monoisotopic (exact) mass is 364 g/mol. The number of benzene rings is 1. The van der Waals surface area contributed by atoms with Gasteiger partial charge in [0.2, 0.25) is 5.91 Å². The third-order valence-corrected chi connectivity index (χ3v) is 5.05. The quantitative estimate of drug-likeness (QED) is 0.745. The minimum Gasteiger partial charge on any atom is -0.466 e. The van der Waals surface area contributed by atoms with E-state index in [4.69, 9.17) is 8.83 Å². The van der Waals surface area contributed by atoms with E-state index in [-0.39, 0.29) is 17.9 Å². The molecule has 1 aliphatic heterocycles. The minimum absolute atomic E-state index is 0.00468. The molecule has 0 bridgehead atoms. The van der Waals surface area contributed by atoms with Crippen LogP contribution in [0, 0.1) is 6.92 Å². The molecule has 1 N–H and O–H groups in total. The smallest absolute Gasteiger partial charge is 0.217 e. The van der Waals surface area contributed by atoms with Crippen LogP contribution in [0.3, 0.4) is 0 Å². The molecule has 0 spiro atoms. The van der Waals surface area contributed by atoms with Gasteiger partial charge >= 0.3 is 0 Å². The molecule has 2 atom stereocenters. The summed E-state index contributed by atoms with van der Waals surface area (Å²) < 4.78 is 11.4. The van der Waals surface area contributed by atoms with Gasteiger partial charge in [-0.2, -0.15) is 0 Å². The Hall–Kier alpha value is -2.79. The molecule has 3 heterocycles. The van der Waals surface area contributed by atoms with Gasteiger partial charge in [-0.1, -0.05) is 18.2 Å². The first-order chi connectivity index (χ1) is 13.1. The number of amides is 1. The molecular weight excluding hydrogens is 340 g/mol. The van der Waals surface area contributed by atoms with Crippen LogP contribution < -0.4 is 5.32 Å². The van der Waals surface area contributed by atoms with E-state index in [9.17, 15) is 4.79 Å². The van der Waals surface area contributed by atoms with Crippen LogP contribution in [0.25, 0.3) is 11.3 Å². The zero-order chi connectivity index (χ0) is 18.8. The van der Waals surface area contributed by atoms with E-state index in [0.29, 0.717) is 0 Å². The second-order valence-corrected chi connectivity index (χ2v) is 7.23. The molecule has 0 aliphatic carbocycles. The molecule has 140 valence electrons. The number of furan rings is 2. The summed E-state index contributed by atoms with van der Waals surface area (Å²) in [5, 5.41) is 3.09. The molecule has 1 amide bonds. The van der Waals surface area contributed by atoms with E-state index < -0.39 is 0 Å². The predicted octanol–water partition coefficient (Wildman–Crippen LogP) is 3.95. The number of carbonyl (C=O) groups excluding carboxylic acids is 1. The van der Waals surface area contributed by atoms with Crippen molar-refractivity contribution in [1.82, 2.24) is 10.2 Å². The third-order valence-electron chi connectivity index (χ3n) is 5.05. The summed E-state index contributed by atoms with van der Waals surface area (Å²) in [5.41, 5.74) is 2.30. The van der Waals surface area contributed by atoms with E-state index in [0.717, 1.165) is 42.5 Å². The molecule has 5 nitrogen and oxygen atoms in total. The van der Waals surface area contributed by atoms with Crippen molar-refractivity contribution in [2.45, 2.75) is 32.4 Å². The zero-order valence-corrected chi connectivity index (χ0v) is 15.6. The van der Waals surface area contributed by atoms with Gasteiger partial charge in [0, 0.05) is 32.1 Å². The molecule has 1 fully saturated rings. The average Bonchev–Trinajstić information content (AvgIpc) is 3.36. The highest BCUT2D eigenvalue weighted by Gasteiger charge is 2.36. The molecule has 3 aromatic rings. The van der Waals surface area contributed by atoms with Gasteiger partial charge in [-0.15, -0.1) is 0 Å². The van der Waals surface area contributed by atoms with Crippen LogP contribution >= 0.6 is 0 Å². The van der Waals surface area contributed by atoms with Crippen molar-refractivity contribution in [3.8, 4) is 11.3 Å². The SMILES string of the molecule is CC(=O)N[C@@H]1CN(Cc2cccc(-c3ccco3)c2)C[C@H]1c1ccc(C)o1. The topological polar surface area (TPSA) is 58.6 Å². The van der Waals surface area contributed by atoms with Gasteiger partial charge in [0.25, 0.3) is 0 Å². The number of rotatable bonds is 5. The first-order valence-corrected chi connectivity index (χ1v) is 9.27. The van der Waals surface area contributed by atoms with Crippen LogP contribution in [0.15, 0.2) is 63.6 Å². The number of nitrogens with zero attached hydrogens (tertiary/aromatic N) is 1. The van der Waals surface area contributed by atoms with Gasteiger partial charge in [-0.3, -0.25) is 9.69 Å². The van der Waals surface area contributed by atoms with Gasteiger partial charge in [0.15, 0.2) is 0 Å². The summed E-state index contributed by atoms with van der Waals surface area (Å²) in [5.74, 6) is 2.87. The highest BCUT2D eigenvalue weighted by molar-refractivity contribution is 5.73. The fraction of sp³-hybridized carbons (Fsp3) is 0.318. The maximum atomic E-state index is 11.7. The van der Waals surface area contributed by atoms with Gasteiger partial charge < -0.3 is 14.2 Å². The van der Waals surface area contributed by atoms with E-state index in [2.05, 4.69) is 34.5 Å². The molecule has 0 unspecified atom stereocenters. The van der Waals surface area contributed by atoms with Crippen molar-refractivity contribution >= 4 is 5.91 Å². The first-order valence-electron chi connectivity index (χ1n) is 9.27. The minimum atomic E-state index is -0.00468. The van der Waals surface area contributed by atoms with Gasteiger partial charge in [-0.05, 0) is 42.8 Å². The maximum Gasteiger partial charge on any atom is 0.217 e. The fourth-order valence-corrected chi connectivity index (χ4v) is 3.89. The molecule has 5 heteroatoms. The van der Waals surface area contributed by atoms with E-state index in [1.807, 2.05) is 31.2 Å². The standard InChI is InChI=1S/C22H24N2O3/c1-15-8-9-22(27-15)19-13-24(14-20(19)23-16(2)25)12-17-5-3-6-18(11-17)21-7-4-10-26-21/h3-11,19-20H,12-14H2,1-2H3,(H,23,25)/t19-,20-/m1/s1. The molecule has 0 saturated carbocycles. The van der Waals surface area contributed by atoms with Gasteiger partial charge in [0.05, 0.1) is 18.2 Å². The highest BCUT2D eigenvalue weighted by atomic mass is 16.3. The predicted molar refractivity (Wildman–Crippen MR) is 103 cm³/mol. The highest BCUT2D eigenvalue weighted by Crippen LogP contribution is 2.30. The van der Waals surface area contributed by atoms with Crippen LogP contribution in [0.5, 0.6) is 0 Å². The number of carbonyl (C=O) groups is 1. The largest absolute Gasteiger partial charge is 0.466 e. The lowest BCUT2D eigenvalue weighted by atomic mass is 10.0. The first kappa shape index (κ1) is 17.6. The summed E-state index contributed by atoms with van der Waals surface area (Å²) in [7, 11) is 0. The summed E-state index contributed by atoms with van der Waals surface area (Å²) in [6, 6.07) is 16.3. The van der Waals surface area contributed by atoms with Crippen LogP contribution in [0.4, 0.5) is 0 Å². The van der Waals surface area contributed by atoms with Crippen LogP contribution in [0.1, 0.15) is 29.9 Å². The molecule has 1 aromatic carbocycles. The van der Waals surface area contributed by atoms with Gasteiger partial charge in [-0.25, -0.2) is 0 Å². The Balaban J connectivity index is 1.51. The van der Waals surface area contributed by atoms with Crippen molar-refractivity contribution in [3.05, 3.63) is 71.9 Å². The molecular formula is C22H24N2O3. The summed E-state index contributed by atoms with van der Waals surface area (Å²) >= 11 is 0. The van der Waals surface area contributed by atoms with Crippen molar-refractivity contribution in [2.24, 2.45) is 0 Å². The van der Waals surface area contributed by atoms with Crippen LogP contribution in [-0.2, 0) is 11.3 Å². The molecule has 1 aliphatic rings. The Morgan fingerprint density at radius 2 is 2.07 bits per heavy atom. The van der Waals surface area contributed by atoms with Crippen molar-refractivity contribution in [2.75, 3.05) is 13.1 Å². The Labute approximate surface area is 159 Å². The molecule has 4 rings (SSSR count). The molecule has 0 radical (unpaired) electrons. The van der Waals surface area contributed by atoms with E-state index >= 15 is 0 Å². The second-order valence-electron chi connectivity index (χ2n) is 7.23. The molecule has 1 saturated heterocycles. The number of nitrogens with one attached hydrogen (secondary N) is 1. The maximum absolute atomic E-state index is 11.7. The molecule has 27 heavy (non-hydrogen) atoms. The lowest BCUT2D eigenvalue weighted by Crippen LogP contribution is -2.38. The van der Waals surface area contributed by atoms with E-state index in [1.54, 1.807) is 13.2 Å². The lowest BCUT2D eigenvalue weighted by molar-refractivity contribution is -0.119. The van der Waals surface area contributed by atoms with Crippen molar-refractivity contribution in [1.29, 1.82) is 0 Å². The molecule has 2 aromatic heterocycles. The summed E-state index contributed by atoms with van der Waals surface area (Å²) in [6.45, 7) is 5.99. The Bertz CT molecular complexity index is 913. The Morgan fingerprint density at radius 3 is 2.78 bits per heavy atom. The number of aryl methyl sites for hydroxylation is 1. The fourth-order valence-electron chi connectivity index (χ4n) is 3.89. The number of likely N-dealkylation sites (tertiary alicyclic amines) is 1. The van der Waals surface area contributed by atoms with Crippen LogP contribution in [-0.4, -0.2) is 29.9 Å². The summed E-state index contributed by atoms with van der Waals surface area (Å²) in [6.07, 6.45) is 1.69. The second kappa shape index (κ2) is 7.45. The van der Waals surface area contributed by atoms with E-state index in [1.165, 1.54) is 5.56 Å². The van der Waals surface area contributed by atoms with Crippen LogP contribution in [0.2, 0.25) is 0 Å². The van der Waals surface area contributed by atoms with Crippen molar-refractivity contribution < 1.29 is 13.6 Å². The Kier molecular flexibility index (Phi) is 4.86. The third kappa shape index (κ3) is 3.98. The average molecular weight is 364 g/mol. The zero-order valence-electron chi connectivity index (χ0n) is 15.6. The lowest BCUT2D eigenvalue weighted by Gasteiger charge is -2.17. The Morgan fingerprint density at radius 1 is 1.19 bits per heavy atom. The normalized spacial score (nSPS) is 20.1. The number of hydrogen-bond donors (Lipinski definition) is 1.